The normalized spacial score (nSPS) is 34.8. The summed E-state index contributed by atoms with van der Waals surface area (Å²) >= 11 is 0. The maximum Gasteiger partial charge on any atom is 0.0574 e. The van der Waals surface area contributed by atoms with E-state index >= 15 is 0 Å². The van der Waals surface area contributed by atoms with E-state index < -0.39 is 0 Å². The van der Waals surface area contributed by atoms with E-state index in [1.54, 1.807) is 5.56 Å². The number of fused-ring (bicyclic) bond motifs is 1. The van der Waals surface area contributed by atoms with Crippen LogP contribution in [0, 0.1) is 18.8 Å². The second-order valence-electron chi connectivity index (χ2n) is 6.61. The summed E-state index contributed by atoms with van der Waals surface area (Å²) in [5, 5.41) is 0. The number of benzene rings is 1. The SMILES string of the molecule is COC1CCC2CC(c3ccc(C)cc3)CCC2C1. The molecule has 0 bridgehead atoms. The van der Waals surface area contributed by atoms with Gasteiger partial charge in [0.2, 0.25) is 0 Å². The van der Waals surface area contributed by atoms with Gasteiger partial charge in [-0.05, 0) is 68.8 Å². The molecule has 1 aromatic carbocycles. The molecule has 2 fully saturated rings. The molecule has 1 heteroatoms. The number of aryl methyl sites for hydroxylation is 1. The van der Waals surface area contributed by atoms with Crippen LogP contribution >= 0.6 is 0 Å². The van der Waals surface area contributed by atoms with Gasteiger partial charge in [0.15, 0.2) is 0 Å². The number of ether oxygens (including phenoxy) is 1. The van der Waals surface area contributed by atoms with Gasteiger partial charge in [-0.3, -0.25) is 0 Å². The Morgan fingerprint density at radius 1 is 0.895 bits per heavy atom. The minimum atomic E-state index is 0.539. The van der Waals surface area contributed by atoms with Gasteiger partial charge in [-0.25, -0.2) is 0 Å². The van der Waals surface area contributed by atoms with Crippen LogP contribution in [0.3, 0.4) is 0 Å². The molecular weight excluding hydrogens is 232 g/mol. The molecular formula is C18H26O. The van der Waals surface area contributed by atoms with Gasteiger partial charge in [-0.15, -0.1) is 0 Å². The highest BCUT2D eigenvalue weighted by Crippen LogP contribution is 2.46. The average Bonchev–Trinajstić information content (AvgIpc) is 2.47. The second-order valence-corrected chi connectivity index (χ2v) is 6.61. The summed E-state index contributed by atoms with van der Waals surface area (Å²) in [5.41, 5.74) is 2.94. The van der Waals surface area contributed by atoms with Crippen molar-refractivity contribution in [3.8, 4) is 0 Å². The van der Waals surface area contributed by atoms with Gasteiger partial charge >= 0.3 is 0 Å². The van der Waals surface area contributed by atoms with Crippen LogP contribution in [-0.4, -0.2) is 13.2 Å². The maximum absolute atomic E-state index is 5.56. The van der Waals surface area contributed by atoms with Crippen molar-refractivity contribution in [1.29, 1.82) is 0 Å². The first kappa shape index (κ1) is 13.2. The predicted molar refractivity (Wildman–Crippen MR) is 79.4 cm³/mol. The number of methoxy groups -OCH3 is 1. The molecule has 3 rings (SSSR count). The highest BCUT2D eigenvalue weighted by molar-refractivity contribution is 5.25. The van der Waals surface area contributed by atoms with E-state index in [1.807, 2.05) is 7.11 Å². The van der Waals surface area contributed by atoms with Crippen molar-refractivity contribution >= 4 is 0 Å². The van der Waals surface area contributed by atoms with Gasteiger partial charge in [-0.1, -0.05) is 29.8 Å². The van der Waals surface area contributed by atoms with Gasteiger partial charge in [0, 0.05) is 7.11 Å². The molecule has 2 saturated carbocycles. The lowest BCUT2D eigenvalue weighted by Crippen LogP contribution is -2.33. The summed E-state index contributed by atoms with van der Waals surface area (Å²) in [7, 11) is 1.88. The molecule has 2 aliphatic carbocycles. The Labute approximate surface area is 117 Å². The lowest BCUT2D eigenvalue weighted by Gasteiger charge is -2.42. The fourth-order valence-electron chi connectivity index (χ4n) is 4.20. The first-order chi connectivity index (χ1) is 9.26. The van der Waals surface area contributed by atoms with Crippen molar-refractivity contribution < 1.29 is 4.74 Å². The first-order valence-corrected chi connectivity index (χ1v) is 7.85. The Hall–Kier alpha value is -0.820. The minimum absolute atomic E-state index is 0.539. The third-order valence-corrected chi connectivity index (χ3v) is 5.45. The molecule has 1 aromatic rings. The van der Waals surface area contributed by atoms with Crippen LogP contribution in [0.1, 0.15) is 55.6 Å². The Morgan fingerprint density at radius 2 is 1.58 bits per heavy atom. The Kier molecular flexibility index (Phi) is 3.93. The molecule has 104 valence electrons. The summed E-state index contributed by atoms with van der Waals surface area (Å²) < 4.78 is 5.56. The molecule has 4 atom stereocenters. The molecule has 2 aliphatic rings. The van der Waals surface area contributed by atoms with Crippen LogP contribution in [-0.2, 0) is 4.74 Å². The monoisotopic (exact) mass is 258 g/mol. The van der Waals surface area contributed by atoms with Gasteiger partial charge in [-0.2, -0.15) is 0 Å². The van der Waals surface area contributed by atoms with Gasteiger partial charge < -0.3 is 4.74 Å². The van der Waals surface area contributed by atoms with Gasteiger partial charge in [0.25, 0.3) is 0 Å². The second kappa shape index (κ2) is 5.66. The van der Waals surface area contributed by atoms with E-state index in [9.17, 15) is 0 Å². The zero-order valence-electron chi connectivity index (χ0n) is 12.3. The standard InChI is InChI=1S/C18H26O/c1-13-3-5-14(6-4-13)15-7-8-17-12-18(19-2)10-9-16(17)11-15/h3-6,15-18H,7-12H2,1-2H3. The number of hydrogen-bond acceptors (Lipinski definition) is 1. The molecule has 0 amide bonds. The van der Waals surface area contributed by atoms with Crippen molar-refractivity contribution in [1.82, 2.24) is 0 Å². The molecule has 0 aliphatic heterocycles. The van der Waals surface area contributed by atoms with Crippen molar-refractivity contribution in [2.45, 2.75) is 57.5 Å². The Morgan fingerprint density at radius 3 is 2.32 bits per heavy atom. The summed E-state index contributed by atoms with van der Waals surface area (Å²) in [6.45, 7) is 2.17. The van der Waals surface area contributed by atoms with Crippen LogP contribution in [0.5, 0.6) is 0 Å². The number of hydrogen-bond donors (Lipinski definition) is 0. The third-order valence-electron chi connectivity index (χ3n) is 5.45. The van der Waals surface area contributed by atoms with Crippen molar-refractivity contribution in [2.24, 2.45) is 11.8 Å². The molecule has 1 nitrogen and oxygen atoms in total. The largest absolute Gasteiger partial charge is 0.381 e. The van der Waals surface area contributed by atoms with E-state index in [0.717, 1.165) is 17.8 Å². The first-order valence-electron chi connectivity index (χ1n) is 7.85. The highest BCUT2D eigenvalue weighted by Gasteiger charge is 2.35. The van der Waals surface area contributed by atoms with Crippen LogP contribution in [0.2, 0.25) is 0 Å². The summed E-state index contributed by atoms with van der Waals surface area (Å²) in [6.07, 6.45) is 8.69. The summed E-state index contributed by atoms with van der Waals surface area (Å²) in [6, 6.07) is 9.23. The predicted octanol–water partition coefficient (Wildman–Crippen LogP) is 4.69. The van der Waals surface area contributed by atoms with Gasteiger partial charge in [0.05, 0.1) is 6.10 Å². The molecule has 0 N–H and O–H groups in total. The van der Waals surface area contributed by atoms with E-state index in [0.29, 0.717) is 6.10 Å². The topological polar surface area (TPSA) is 9.23 Å². The molecule has 0 aromatic heterocycles. The maximum atomic E-state index is 5.56. The van der Waals surface area contributed by atoms with Crippen LogP contribution in [0.4, 0.5) is 0 Å². The zero-order chi connectivity index (χ0) is 13.2. The quantitative estimate of drug-likeness (QED) is 0.747. The lowest BCUT2D eigenvalue weighted by atomic mass is 9.65. The van der Waals surface area contributed by atoms with Crippen LogP contribution in [0.15, 0.2) is 24.3 Å². The summed E-state index contributed by atoms with van der Waals surface area (Å²) in [5.74, 6) is 2.69. The molecule has 4 unspecified atom stereocenters. The minimum Gasteiger partial charge on any atom is -0.381 e. The molecule has 19 heavy (non-hydrogen) atoms. The van der Waals surface area contributed by atoms with Crippen LogP contribution < -0.4 is 0 Å². The summed E-state index contributed by atoms with van der Waals surface area (Å²) in [4.78, 5) is 0. The fraction of sp³-hybridized carbons (Fsp3) is 0.667. The van der Waals surface area contributed by atoms with Crippen LogP contribution in [0.25, 0.3) is 0 Å². The van der Waals surface area contributed by atoms with Crippen molar-refractivity contribution in [3.63, 3.8) is 0 Å². The molecule has 0 saturated heterocycles. The Balaban J connectivity index is 1.65. The van der Waals surface area contributed by atoms with Gasteiger partial charge in [0.1, 0.15) is 0 Å². The van der Waals surface area contributed by atoms with Crippen molar-refractivity contribution in [3.05, 3.63) is 35.4 Å². The molecule has 0 heterocycles. The smallest absolute Gasteiger partial charge is 0.0574 e. The molecule has 0 spiro atoms. The van der Waals surface area contributed by atoms with E-state index in [2.05, 4.69) is 31.2 Å². The Bertz CT molecular complexity index is 408. The third kappa shape index (κ3) is 2.86. The van der Waals surface area contributed by atoms with E-state index in [1.165, 1.54) is 44.1 Å². The highest BCUT2D eigenvalue weighted by atomic mass is 16.5. The fourth-order valence-corrected chi connectivity index (χ4v) is 4.20. The number of rotatable bonds is 2. The lowest BCUT2D eigenvalue weighted by molar-refractivity contribution is 0.0123. The molecule has 0 radical (unpaired) electrons. The van der Waals surface area contributed by atoms with Crippen molar-refractivity contribution in [2.75, 3.05) is 7.11 Å². The average molecular weight is 258 g/mol. The zero-order valence-corrected chi connectivity index (χ0v) is 12.3. The van der Waals surface area contributed by atoms with E-state index in [-0.39, 0.29) is 0 Å². The van der Waals surface area contributed by atoms with E-state index in [4.69, 9.17) is 4.74 Å².